The summed E-state index contributed by atoms with van der Waals surface area (Å²) in [5.41, 5.74) is 5.92. The molecular formula is C46H33Cl2FN2Na2O6S2. The van der Waals surface area contributed by atoms with Crippen LogP contribution >= 0.6 is 45.9 Å². The van der Waals surface area contributed by atoms with E-state index in [1.807, 2.05) is 24.3 Å². The number of aromatic hydroxyl groups is 2. The Kier molecular flexibility index (Phi) is 13.9. The Hall–Kier alpha value is -3.59. The number of hydrogen-bond donors (Lipinski definition) is 4. The molecule has 0 saturated heterocycles. The molecule has 15 heteroatoms. The first-order chi connectivity index (χ1) is 28.5. The number of phenols is 1. The number of thiophene rings is 2. The summed E-state index contributed by atoms with van der Waals surface area (Å²) in [7, 11) is 0. The van der Waals surface area contributed by atoms with Gasteiger partial charge in [-0.2, -0.15) is 0 Å². The SMILES string of the molecule is O=c1[nH]c2sc(Cl)c(-c3ccc4c(c3O)CCCC4)c2c(O)c1-c1ccc(F)cc1.O=c1[nH]c2sc(Cl)c(-c3ccc4c(c3[O-])CCCC4)c2c([O-])c1-c1ccccc1.[Na+].[Na+]. The quantitative estimate of drug-likeness (QED) is 0.190. The summed E-state index contributed by atoms with van der Waals surface area (Å²) in [6.07, 6.45) is 7.54. The minimum Gasteiger partial charge on any atom is -0.872 e. The van der Waals surface area contributed by atoms with Gasteiger partial charge in [-0.25, -0.2) is 4.39 Å². The molecule has 0 radical (unpaired) electrons. The van der Waals surface area contributed by atoms with E-state index in [0.717, 1.165) is 96.3 Å². The number of aromatic nitrogens is 2. The third kappa shape index (κ3) is 8.23. The molecule has 4 heterocycles. The van der Waals surface area contributed by atoms with Gasteiger partial charge in [-0.3, -0.25) is 9.59 Å². The van der Waals surface area contributed by atoms with Crippen LogP contribution in [-0.2, 0) is 25.7 Å². The Labute approximate surface area is 411 Å². The van der Waals surface area contributed by atoms with Gasteiger partial charge in [0.1, 0.15) is 35.6 Å². The fourth-order valence-corrected chi connectivity index (χ4v) is 11.2. The third-order valence-corrected chi connectivity index (χ3v) is 13.9. The van der Waals surface area contributed by atoms with Crippen LogP contribution in [0.4, 0.5) is 4.39 Å². The van der Waals surface area contributed by atoms with E-state index < -0.39 is 22.7 Å². The van der Waals surface area contributed by atoms with Crippen LogP contribution in [0.25, 0.3) is 64.9 Å². The molecule has 0 spiro atoms. The standard InChI is InChI=1S/C23H17ClFNO3S.C23H18ClNO3S.2Na/c24-21-17(15-10-7-11-3-1-2-4-14(11)19(15)27)18-20(28)16(22(29)26-23(18)30-21)12-5-8-13(25)9-6-12;24-21-17(15-11-10-12-6-4-5-9-14(12)19(15)26)18-20(27)16(13-7-2-1-3-8-13)22(28)25-23(18)29-21;;/h5-10,27H,1-4H2,(H2,26,28,29);1-3,7-8,10-11,26H,4-6,9H2,(H2,25,27,28);;/q;;2*+1/p-2. The number of benzene rings is 4. The number of pyridine rings is 2. The summed E-state index contributed by atoms with van der Waals surface area (Å²) in [6, 6.07) is 21.7. The van der Waals surface area contributed by atoms with Crippen molar-refractivity contribution < 1.29 is 83.9 Å². The number of aryl methyl sites for hydroxylation is 2. The van der Waals surface area contributed by atoms with Gasteiger partial charge in [0, 0.05) is 27.6 Å². The Balaban J connectivity index is 0.000000178. The second-order valence-corrected chi connectivity index (χ2v) is 18.0. The second kappa shape index (κ2) is 18.6. The molecular weight excluding hydrogens is 877 g/mol. The first-order valence-corrected chi connectivity index (χ1v) is 21.5. The number of rotatable bonds is 4. The monoisotopic (exact) mass is 908 g/mol. The zero-order valence-electron chi connectivity index (χ0n) is 33.1. The van der Waals surface area contributed by atoms with Crippen molar-refractivity contribution >= 4 is 66.3 Å². The molecule has 10 rings (SSSR count). The second-order valence-electron chi connectivity index (χ2n) is 14.7. The molecule has 8 aromatic rings. The first kappa shape index (κ1) is 45.4. The van der Waals surface area contributed by atoms with Crippen molar-refractivity contribution in [3.8, 4) is 67.5 Å². The average Bonchev–Trinajstić information content (AvgIpc) is 3.74. The molecule has 8 nitrogen and oxygen atoms in total. The molecule has 4 aromatic heterocycles. The Morgan fingerprint density at radius 2 is 1.07 bits per heavy atom. The van der Waals surface area contributed by atoms with E-state index in [9.17, 15) is 34.4 Å². The van der Waals surface area contributed by atoms with Gasteiger partial charge in [0.2, 0.25) is 0 Å². The first-order valence-electron chi connectivity index (χ1n) is 19.1. The molecule has 298 valence electrons. The molecule has 0 unspecified atom stereocenters. The summed E-state index contributed by atoms with van der Waals surface area (Å²) in [5, 5.41) is 49.4. The summed E-state index contributed by atoms with van der Waals surface area (Å²) in [6.45, 7) is 0. The van der Waals surface area contributed by atoms with E-state index in [1.165, 1.54) is 24.3 Å². The van der Waals surface area contributed by atoms with Gasteiger partial charge in [-0.05, 0) is 96.9 Å². The minimum absolute atomic E-state index is 0. The number of halogens is 3. The fourth-order valence-electron chi connectivity index (χ4n) is 8.45. The predicted molar refractivity (Wildman–Crippen MR) is 232 cm³/mol. The van der Waals surface area contributed by atoms with Crippen LogP contribution in [0.1, 0.15) is 47.9 Å². The zero-order valence-corrected chi connectivity index (χ0v) is 40.3. The van der Waals surface area contributed by atoms with Gasteiger partial charge in [0.15, 0.2) is 0 Å². The fraction of sp³-hybridized carbons (Fsp3) is 0.174. The van der Waals surface area contributed by atoms with Gasteiger partial charge in [0.25, 0.3) is 11.1 Å². The molecule has 0 atom stereocenters. The largest absolute Gasteiger partial charge is 1.00 e. The van der Waals surface area contributed by atoms with Crippen molar-refractivity contribution in [2.24, 2.45) is 0 Å². The maximum absolute atomic E-state index is 13.4. The molecule has 2 aliphatic rings. The number of aromatic amines is 2. The van der Waals surface area contributed by atoms with Crippen LogP contribution < -0.4 is 80.4 Å². The van der Waals surface area contributed by atoms with Gasteiger partial charge in [-0.15, -0.1) is 22.7 Å². The van der Waals surface area contributed by atoms with Crippen LogP contribution in [-0.4, -0.2) is 20.2 Å². The van der Waals surface area contributed by atoms with Gasteiger partial charge < -0.3 is 30.4 Å². The van der Waals surface area contributed by atoms with Crippen LogP contribution in [0.15, 0.2) is 88.5 Å². The van der Waals surface area contributed by atoms with Crippen molar-refractivity contribution in [3.05, 3.63) is 136 Å². The topological polar surface area (TPSA) is 152 Å². The molecule has 0 amide bonds. The van der Waals surface area contributed by atoms with E-state index >= 15 is 0 Å². The van der Waals surface area contributed by atoms with Crippen molar-refractivity contribution in [1.82, 2.24) is 9.97 Å². The molecule has 0 saturated carbocycles. The molecule has 4 N–H and O–H groups in total. The Bertz CT molecular complexity index is 3100. The van der Waals surface area contributed by atoms with Crippen LogP contribution in [0.5, 0.6) is 23.0 Å². The Morgan fingerprint density at radius 3 is 1.70 bits per heavy atom. The molecule has 61 heavy (non-hydrogen) atoms. The summed E-state index contributed by atoms with van der Waals surface area (Å²) >= 11 is 15.3. The predicted octanol–water partition coefficient (Wildman–Crippen LogP) is 4.62. The van der Waals surface area contributed by atoms with Gasteiger partial charge in [-0.1, -0.05) is 107 Å². The summed E-state index contributed by atoms with van der Waals surface area (Å²) in [4.78, 5) is 31.6. The van der Waals surface area contributed by atoms with E-state index in [2.05, 4.69) is 9.97 Å². The summed E-state index contributed by atoms with van der Waals surface area (Å²) < 4.78 is 14.0. The smallest absolute Gasteiger partial charge is 0.872 e. The van der Waals surface area contributed by atoms with E-state index in [-0.39, 0.29) is 87.5 Å². The number of nitrogens with one attached hydrogen (secondary N) is 2. The number of hydrogen-bond acceptors (Lipinski definition) is 8. The average molecular weight is 910 g/mol. The van der Waals surface area contributed by atoms with Crippen LogP contribution in [0.2, 0.25) is 8.67 Å². The van der Waals surface area contributed by atoms with Gasteiger partial charge in [0.05, 0.1) is 10.9 Å². The van der Waals surface area contributed by atoms with Crippen LogP contribution in [0, 0.1) is 5.82 Å². The van der Waals surface area contributed by atoms with Crippen molar-refractivity contribution in [2.75, 3.05) is 0 Å². The normalized spacial score (nSPS) is 13.1. The maximum atomic E-state index is 13.4. The minimum atomic E-state index is -0.495. The number of fused-ring (bicyclic) bond motifs is 4. The molecule has 0 aliphatic heterocycles. The van der Waals surface area contributed by atoms with E-state index in [4.69, 9.17) is 23.2 Å². The number of phenolic OH excluding ortho intramolecular Hbond substituents is 1. The van der Waals surface area contributed by atoms with E-state index in [0.29, 0.717) is 62.5 Å². The van der Waals surface area contributed by atoms with E-state index in [1.54, 1.807) is 30.3 Å². The molecule has 4 aromatic carbocycles. The Morgan fingerprint density at radius 1 is 0.557 bits per heavy atom. The van der Waals surface area contributed by atoms with Gasteiger partial charge >= 0.3 is 59.1 Å². The zero-order chi connectivity index (χ0) is 41.1. The maximum Gasteiger partial charge on any atom is 1.00 e. The summed E-state index contributed by atoms with van der Waals surface area (Å²) in [5.74, 6) is -0.965. The molecule has 0 bridgehead atoms. The third-order valence-electron chi connectivity index (χ3n) is 11.3. The van der Waals surface area contributed by atoms with Crippen molar-refractivity contribution in [1.29, 1.82) is 0 Å². The number of H-pyrrole nitrogens is 2. The molecule has 0 fully saturated rings. The van der Waals surface area contributed by atoms with Crippen LogP contribution in [0.3, 0.4) is 0 Å². The van der Waals surface area contributed by atoms with Crippen molar-refractivity contribution in [3.63, 3.8) is 0 Å². The molecule has 2 aliphatic carbocycles. The van der Waals surface area contributed by atoms with Crippen molar-refractivity contribution in [2.45, 2.75) is 51.4 Å².